The summed E-state index contributed by atoms with van der Waals surface area (Å²) in [5, 5.41) is 22.2. The zero-order valence-electron chi connectivity index (χ0n) is 13.9. The quantitative estimate of drug-likeness (QED) is 0.763. The highest BCUT2D eigenvalue weighted by Gasteiger charge is 2.33. The van der Waals surface area contributed by atoms with Gasteiger partial charge in [0.2, 0.25) is 0 Å². The van der Waals surface area contributed by atoms with Crippen molar-refractivity contribution in [3.63, 3.8) is 0 Å². The molecule has 1 amide bonds. The summed E-state index contributed by atoms with van der Waals surface area (Å²) in [6.45, 7) is 2.31. The summed E-state index contributed by atoms with van der Waals surface area (Å²) in [4.78, 5) is 14.7. The topological polar surface area (TPSA) is 82.0 Å². The Labute approximate surface area is 142 Å². The maximum Gasteiger partial charge on any atom is 0.251 e. The van der Waals surface area contributed by atoms with Crippen LogP contribution in [0.1, 0.15) is 36.0 Å². The molecule has 6 nitrogen and oxygen atoms in total. The van der Waals surface area contributed by atoms with Crippen LogP contribution in [0, 0.1) is 0 Å². The third-order valence-electron chi connectivity index (χ3n) is 4.90. The molecule has 1 aromatic rings. The van der Waals surface area contributed by atoms with Crippen molar-refractivity contribution in [2.24, 2.45) is 0 Å². The standard InChI is InChI=1S/C18H26N2O4/c21-12-16-17(22)15(8-11-24-16)19-18(23)13-4-6-14(7-5-13)20-9-2-1-3-10-20/h4-7,15-17,21-22H,1-3,8-12H2,(H,19,23)/t15-,16+,17-/m0/s1. The van der Waals surface area contributed by atoms with Gasteiger partial charge in [0.25, 0.3) is 5.91 Å². The molecule has 0 bridgehead atoms. The van der Waals surface area contributed by atoms with Crippen LogP contribution >= 0.6 is 0 Å². The van der Waals surface area contributed by atoms with E-state index in [0.717, 1.165) is 18.8 Å². The summed E-state index contributed by atoms with van der Waals surface area (Å²) in [6, 6.07) is 7.22. The van der Waals surface area contributed by atoms with Gasteiger partial charge in [-0.3, -0.25) is 4.79 Å². The Bertz CT molecular complexity index is 542. The molecule has 3 rings (SSSR count). The molecule has 1 aromatic carbocycles. The monoisotopic (exact) mass is 334 g/mol. The Hall–Kier alpha value is -1.63. The first kappa shape index (κ1) is 17.2. The summed E-state index contributed by atoms with van der Waals surface area (Å²) in [6.07, 6.45) is 2.74. The lowest BCUT2D eigenvalue weighted by molar-refractivity contribution is -0.107. The molecule has 0 spiro atoms. The molecule has 0 unspecified atom stereocenters. The number of nitrogens with one attached hydrogen (secondary N) is 1. The van der Waals surface area contributed by atoms with Crippen LogP contribution in [0.25, 0.3) is 0 Å². The van der Waals surface area contributed by atoms with Crippen molar-refractivity contribution in [2.45, 2.75) is 43.9 Å². The Kier molecular flexibility index (Phi) is 5.71. The van der Waals surface area contributed by atoms with Crippen molar-refractivity contribution < 1.29 is 19.7 Å². The lowest BCUT2D eigenvalue weighted by Gasteiger charge is -2.34. The number of hydrogen-bond acceptors (Lipinski definition) is 5. The lowest BCUT2D eigenvalue weighted by atomic mass is 9.99. The molecule has 2 saturated heterocycles. The van der Waals surface area contributed by atoms with Gasteiger partial charge in [-0.05, 0) is 49.9 Å². The number of aliphatic hydroxyl groups is 2. The summed E-state index contributed by atoms with van der Waals surface area (Å²) in [5.41, 5.74) is 1.73. The molecule has 0 aromatic heterocycles. The molecule has 2 fully saturated rings. The van der Waals surface area contributed by atoms with Crippen LogP contribution in [0.4, 0.5) is 5.69 Å². The van der Waals surface area contributed by atoms with E-state index in [0.29, 0.717) is 18.6 Å². The van der Waals surface area contributed by atoms with Crippen molar-refractivity contribution in [3.8, 4) is 0 Å². The van der Waals surface area contributed by atoms with Crippen LogP contribution < -0.4 is 10.2 Å². The third kappa shape index (κ3) is 3.88. The molecular weight excluding hydrogens is 308 g/mol. The van der Waals surface area contributed by atoms with Gasteiger partial charge in [0.15, 0.2) is 0 Å². The normalized spacial score (nSPS) is 27.8. The largest absolute Gasteiger partial charge is 0.394 e. The summed E-state index contributed by atoms with van der Waals surface area (Å²) < 4.78 is 5.28. The van der Waals surface area contributed by atoms with Gasteiger partial charge in [-0.1, -0.05) is 0 Å². The first-order valence-corrected chi connectivity index (χ1v) is 8.75. The van der Waals surface area contributed by atoms with Crippen LogP contribution in [0.3, 0.4) is 0 Å². The van der Waals surface area contributed by atoms with Crippen molar-refractivity contribution in [1.82, 2.24) is 5.32 Å². The highest BCUT2D eigenvalue weighted by molar-refractivity contribution is 5.94. The Balaban J connectivity index is 1.60. The molecule has 6 heteroatoms. The summed E-state index contributed by atoms with van der Waals surface area (Å²) in [5.74, 6) is -0.206. The number of nitrogens with zero attached hydrogens (tertiary/aromatic N) is 1. The number of ether oxygens (including phenoxy) is 1. The van der Waals surface area contributed by atoms with Crippen molar-refractivity contribution in [2.75, 3.05) is 31.2 Å². The number of anilines is 1. The van der Waals surface area contributed by atoms with E-state index >= 15 is 0 Å². The second-order valence-corrected chi connectivity index (χ2v) is 6.55. The Morgan fingerprint density at radius 1 is 1.21 bits per heavy atom. The van der Waals surface area contributed by atoms with Crippen LogP contribution in [-0.4, -0.2) is 60.7 Å². The van der Waals surface area contributed by atoms with E-state index in [1.165, 1.54) is 19.3 Å². The van der Waals surface area contributed by atoms with E-state index in [1.807, 2.05) is 24.3 Å². The molecule has 2 aliphatic rings. The second kappa shape index (κ2) is 7.96. The lowest BCUT2D eigenvalue weighted by Crippen LogP contribution is -2.54. The predicted octanol–water partition coefficient (Wildman–Crippen LogP) is 0.917. The fraction of sp³-hybridized carbons (Fsp3) is 0.611. The van der Waals surface area contributed by atoms with Crippen molar-refractivity contribution in [1.29, 1.82) is 0 Å². The van der Waals surface area contributed by atoms with Gasteiger partial charge in [-0.2, -0.15) is 0 Å². The predicted molar refractivity (Wildman–Crippen MR) is 91.2 cm³/mol. The summed E-state index contributed by atoms with van der Waals surface area (Å²) >= 11 is 0. The van der Waals surface area contributed by atoms with E-state index in [4.69, 9.17) is 4.74 Å². The van der Waals surface area contributed by atoms with Crippen LogP contribution in [0.15, 0.2) is 24.3 Å². The second-order valence-electron chi connectivity index (χ2n) is 6.55. The molecule has 3 atom stereocenters. The smallest absolute Gasteiger partial charge is 0.251 e. The maximum atomic E-state index is 12.4. The first-order chi connectivity index (χ1) is 11.7. The highest BCUT2D eigenvalue weighted by atomic mass is 16.5. The number of carbonyl (C=O) groups is 1. The Morgan fingerprint density at radius 3 is 2.58 bits per heavy atom. The average Bonchev–Trinajstić information content (AvgIpc) is 2.64. The van der Waals surface area contributed by atoms with Gasteiger partial charge in [0, 0.05) is 30.9 Å². The molecule has 0 aliphatic carbocycles. The molecular formula is C18H26N2O4. The molecule has 0 saturated carbocycles. The number of piperidine rings is 1. The van der Waals surface area contributed by atoms with Gasteiger partial charge in [-0.15, -0.1) is 0 Å². The van der Waals surface area contributed by atoms with E-state index in [-0.39, 0.29) is 12.5 Å². The van der Waals surface area contributed by atoms with Gasteiger partial charge in [0.1, 0.15) is 12.2 Å². The van der Waals surface area contributed by atoms with Crippen LogP contribution in [0.5, 0.6) is 0 Å². The number of hydrogen-bond donors (Lipinski definition) is 3. The van der Waals surface area contributed by atoms with E-state index in [1.54, 1.807) is 0 Å². The van der Waals surface area contributed by atoms with Gasteiger partial charge >= 0.3 is 0 Å². The molecule has 0 radical (unpaired) electrons. The molecule has 2 aliphatic heterocycles. The fourth-order valence-electron chi connectivity index (χ4n) is 3.42. The van der Waals surface area contributed by atoms with Gasteiger partial charge in [-0.25, -0.2) is 0 Å². The maximum absolute atomic E-state index is 12.4. The first-order valence-electron chi connectivity index (χ1n) is 8.75. The van der Waals surface area contributed by atoms with E-state index < -0.39 is 18.2 Å². The van der Waals surface area contributed by atoms with Crippen LogP contribution in [0.2, 0.25) is 0 Å². The minimum Gasteiger partial charge on any atom is -0.394 e. The number of rotatable bonds is 4. The molecule has 132 valence electrons. The zero-order valence-corrected chi connectivity index (χ0v) is 13.9. The van der Waals surface area contributed by atoms with E-state index in [2.05, 4.69) is 10.2 Å². The summed E-state index contributed by atoms with van der Waals surface area (Å²) in [7, 11) is 0. The van der Waals surface area contributed by atoms with Crippen molar-refractivity contribution >= 4 is 11.6 Å². The fourth-order valence-corrected chi connectivity index (χ4v) is 3.42. The highest BCUT2D eigenvalue weighted by Crippen LogP contribution is 2.21. The number of amides is 1. The number of benzene rings is 1. The van der Waals surface area contributed by atoms with Gasteiger partial charge in [0.05, 0.1) is 12.6 Å². The number of carbonyl (C=O) groups excluding carboxylic acids is 1. The van der Waals surface area contributed by atoms with Gasteiger partial charge < -0.3 is 25.2 Å². The minimum atomic E-state index is -0.889. The number of aliphatic hydroxyl groups excluding tert-OH is 2. The molecule has 2 heterocycles. The SMILES string of the molecule is O=C(N[C@H]1CCO[C@H](CO)[C@H]1O)c1ccc(N2CCCCC2)cc1. The average molecular weight is 334 g/mol. The molecule has 24 heavy (non-hydrogen) atoms. The Morgan fingerprint density at radius 2 is 1.92 bits per heavy atom. The van der Waals surface area contributed by atoms with Crippen LogP contribution in [-0.2, 0) is 4.74 Å². The van der Waals surface area contributed by atoms with E-state index in [9.17, 15) is 15.0 Å². The third-order valence-corrected chi connectivity index (χ3v) is 4.90. The molecule has 3 N–H and O–H groups in total. The minimum absolute atomic E-state index is 0.206. The van der Waals surface area contributed by atoms with Crippen molar-refractivity contribution in [3.05, 3.63) is 29.8 Å². The zero-order chi connectivity index (χ0) is 16.9.